The van der Waals surface area contributed by atoms with E-state index in [1.54, 1.807) is 68.6 Å². The number of nitrogens with one attached hydrogen (secondary N) is 2. The maximum Gasteiger partial charge on any atom is 0.248 e. The number of methoxy groups -OCH3 is 1. The third-order valence-corrected chi connectivity index (χ3v) is 5.57. The van der Waals surface area contributed by atoms with Gasteiger partial charge in [-0.3, -0.25) is 19.3 Å². The van der Waals surface area contributed by atoms with Gasteiger partial charge >= 0.3 is 0 Å². The maximum atomic E-state index is 13.8. The number of amides is 3. The molecule has 1 aromatic heterocycles. The van der Waals surface area contributed by atoms with Crippen molar-refractivity contribution in [1.82, 2.24) is 10.5 Å². The van der Waals surface area contributed by atoms with Gasteiger partial charge in [0.1, 0.15) is 23.3 Å². The first-order valence-corrected chi connectivity index (χ1v) is 12.7. The van der Waals surface area contributed by atoms with Gasteiger partial charge in [-0.05, 0) is 64.4 Å². The van der Waals surface area contributed by atoms with Gasteiger partial charge in [-0.2, -0.15) is 0 Å². The van der Waals surface area contributed by atoms with Crippen molar-refractivity contribution < 1.29 is 28.4 Å². The number of carbonyl (C=O) groups excluding carboxylic acids is 3. The number of aromatic nitrogens is 1. The van der Waals surface area contributed by atoms with Crippen LogP contribution in [0.5, 0.6) is 11.5 Å². The van der Waals surface area contributed by atoms with E-state index in [1.165, 1.54) is 4.90 Å². The van der Waals surface area contributed by atoms with Crippen molar-refractivity contribution in [2.75, 3.05) is 23.9 Å². The highest BCUT2D eigenvalue weighted by Crippen LogP contribution is 2.32. The topological polar surface area (TPSA) is 123 Å². The summed E-state index contributed by atoms with van der Waals surface area (Å²) in [4.78, 5) is 41.6. The molecule has 2 aromatic carbocycles. The molecule has 1 unspecified atom stereocenters. The third kappa shape index (κ3) is 8.33. The van der Waals surface area contributed by atoms with Gasteiger partial charge < -0.3 is 24.6 Å². The minimum atomic E-state index is -1.03. The average molecular weight is 537 g/mol. The van der Waals surface area contributed by atoms with Gasteiger partial charge in [0.25, 0.3) is 0 Å². The minimum absolute atomic E-state index is 0.122. The fraction of sp³-hybridized carbons (Fsp3) is 0.379. The number of nitrogens with zero attached hydrogens (tertiary/aromatic N) is 2. The Morgan fingerprint density at radius 2 is 1.74 bits per heavy atom. The second kappa shape index (κ2) is 12.9. The van der Waals surface area contributed by atoms with Crippen LogP contribution in [0.15, 0.2) is 59.1 Å². The van der Waals surface area contributed by atoms with E-state index in [9.17, 15) is 14.4 Å². The Hall–Kier alpha value is -4.34. The van der Waals surface area contributed by atoms with Gasteiger partial charge in [-0.1, -0.05) is 23.4 Å². The lowest BCUT2D eigenvalue weighted by Gasteiger charge is -2.34. The Morgan fingerprint density at radius 1 is 1.03 bits per heavy atom. The molecule has 0 aliphatic rings. The number of hydrogen-bond donors (Lipinski definition) is 2. The summed E-state index contributed by atoms with van der Waals surface area (Å²) in [5, 5.41) is 9.37. The van der Waals surface area contributed by atoms with E-state index in [0.29, 0.717) is 35.1 Å². The Morgan fingerprint density at radius 3 is 2.33 bits per heavy atom. The molecule has 39 heavy (non-hydrogen) atoms. The van der Waals surface area contributed by atoms with E-state index in [0.717, 1.165) is 0 Å². The van der Waals surface area contributed by atoms with Crippen LogP contribution in [0.4, 0.5) is 11.5 Å². The molecule has 0 aliphatic carbocycles. The van der Waals surface area contributed by atoms with Crippen molar-refractivity contribution >= 4 is 29.2 Å². The highest BCUT2D eigenvalue weighted by atomic mass is 16.5. The molecule has 3 aromatic rings. The van der Waals surface area contributed by atoms with Crippen LogP contribution in [-0.4, -0.2) is 42.1 Å². The second-order valence-electron chi connectivity index (χ2n) is 9.98. The molecule has 0 bridgehead atoms. The summed E-state index contributed by atoms with van der Waals surface area (Å²) in [7, 11) is 1.55. The smallest absolute Gasteiger partial charge is 0.248 e. The SMILES string of the molecule is CCOc1cccc(N(C(=O)CCC(=O)Nc2cc(C)on2)C(C(=O)NC(C)(C)C)c2ccc(OC)cc2)c1. The van der Waals surface area contributed by atoms with Crippen molar-refractivity contribution in [3.8, 4) is 11.5 Å². The van der Waals surface area contributed by atoms with Crippen LogP contribution in [0.25, 0.3) is 0 Å². The van der Waals surface area contributed by atoms with E-state index in [2.05, 4.69) is 15.8 Å². The fourth-order valence-electron chi connectivity index (χ4n) is 3.94. The molecule has 208 valence electrons. The fourth-order valence-corrected chi connectivity index (χ4v) is 3.94. The highest BCUT2D eigenvalue weighted by Gasteiger charge is 2.34. The zero-order valence-electron chi connectivity index (χ0n) is 23.2. The summed E-state index contributed by atoms with van der Waals surface area (Å²) in [5.41, 5.74) is 0.484. The first-order chi connectivity index (χ1) is 18.5. The summed E-state index contributed by atoms with van der Waals surface area (Å²) in [6.07, 6.45) is -0.278. The summed E-state index contributed by atoms with van der Waals surface area (Å²) < 4.78 is 15.9. The van der Waals surface area contributed by atoms with Crippen molar-refractivity contribution in [2.24, 2.45) is 0 Å². The molecule has 0 saturated carbocycles. The van der Waals surface area contributed by atoms with Crippen LogP contribution in [0.1, 0.15) is 57.9 Å². The monoisotopic (exact) mass is 536 g/mol. The molecular formula is C29H36N4O6. The highest BCUT2D eigenvalue weighted by molar-refractivity contribution is 6.03. The zero-order chi connectivity index (χ0) is 28.6. The molecule has 3 amide bonds. The zero-order valence-corrected chi connectivity index (χ0v) is 23.2. The summed E-state index contributed by atoms with van der Waals surface area (Å²) >= 11 is 0. The first-order valence-electron chi connectivity index (χ1n) is 12.7. The van der Waals surface area contributed by atoms with E-state index >= 15 is 0 Å². The Labute approximate surface area is 228 Å². The molecule has 10 heteroatoms. The van der Waals surface area contributed by atoms with E-state index in [1.807, 2.05) is 27.7 Å². The molecule has 0 spiro atoms. The summed E-state index contributed by atoms with van der Waals surface area (Å²) in [6.45, 7) is 9.62. The number of hydrogen-bond acceptors (Lipinski definition) is 7. The Kier molecular flexibility index (Phi) is 9.70. The summed E-state index contributed by atoms with van der Waals surface area (Å²) in [5.74, 6) is 0.798. The quantitative estimate of drug-likeness (QED) is 0.361. The Bertz CT molecular complexity index is 1280. The van der Waals surface area contributed by atoms with Crippen molar-refractivity contribution in [2.45, 2.75) is 59.0 Å². The van der Waals surface area contributed by atoms with Gasteiger partial charge in [-0.25, -0.2) is 0 Å². The third-order valence-electron chi connectivity index (χ3n) is 5.57. The van der Waals surface area contributed by atoms with E-state index in [-0.39, 0.29) is 24.6 Å². The van der Waals surface area contributed by atoms with Gasteiger partial charge in [-0.15, -0.1) is 0 Å². The van der Waals surface area contributed by atoms with Gasteiger partial charge in [0, 0.05) is 36.2 Å². The van der Waals surface area contributed by atoms with Crippen molar-refractivity contribution in [3.05, 3.63) is 65.9 Å². The van der Waals surface area contributed by atoms with Crippen LogP contribution in [0.3, 0.4) is 0 Å². The first kappa shape index (κ1) is 29.2. The molecule has 3 rings (SSSR count). The van der Waals surface area contributed by atoms with Crippen LogP contribution >= 0.6 is 0 Å². The standard InChI is InChI=1S/C29H36N4O6/c1-7-38-23-10-8-9-21(18-23)33(26(35)16-15-25(34)30-24-17-19(2)39-32-24)27(28(36)31-29(3,4)5)20-11-13-22(37-6)14-12-20/h8-14,17-18,27H,7,15-16H2,1-6H3,(H,31,36)(H,30,32,34). The molecule has 10 nitrogen and oxygen atoms in total. The lowest BCUT2D eigenvalue weighted by Crippen LogP contribution is -2.49. The second-order valence-corrected chi connectivity index (χ2v) is 9.98. The Balaban J connectivity index is 1.99. The molecule has 0 fully saturated rings. The summed E-state index contributed by atoms with van der Waals surface area (Å²) in [6, 6.07) is 14.5. The number of benzene rings is 2. The van der Waals surface area contributed by atoms with Gasteiger partial charge in [0.2, 0.25) is 17.7 Å². The molecule has 2 N–H and O–H groups in total. The number of rotatable bonds is 11. The van der Waals surface area contributed by atoms with Crippen LogP contribution in [0, 0.1) is 6.92 Å². The van der Waals surface area contributed by atoms with Crippen molar-refractivity contribution in [1.29, 1.82) is 0 Å². The van der Waals surface area contributed by atoms with Crippen LogP contribution < -0.4 is 25.0 Å². The predicted octanol–water partition coefficient (Wildman–Crippen LogP) is 4.80. The van der Waals surface area contributed by atoms with Crippen LogP contribution in [-0.2, 0) is 14.4 Å². The number of anilines is 2. The normalized spacial score (nSPS) is 11.8. The number of aryl methyl sites for hydroxylation is 1. The predicted molar refractivity (Wildman–Crippen MR) is 148 cm³/mol. The number of carbonyl (C=O) groups is 3. The lowest BCUT2D eigenvalue weighted by atomic mass is 10.00. The van der Waals surface area contributed by atoms with Gasteiger partial charge in [0.05, 0.1) is 13.7 Å². The number of ether oxygens (including phenoxy) is 2. The van der Waals surface area contributed by atoms with Crippen LogP contribution in [0.2, 0.25) is 0 Å². The van der Waals surface area contributed by atoms with E-state index < -0.39 is 23.4 Å². The molecule has 1 heterocycles. The maximum absolute atomic E-state index is 13.8. The van der Waals surface area contributed by atoms with E-state index in [4.69, 9.17) is 14.0 Å². The molecule has 1 atom stereocenters. The molecule has 0 radical (unpaired) electrons. The van der Waals surface area contributed by atoms with Crippen molar-refractivity contribution in [3.63, 3.8) is 0 Å². The minimum Gasteiger partial charge on any atom is -0.497 e. The lowest BCUT2D eigenvalue weighted by molar-refractivity contribution is -0.128. The molecular weight excluding hydrogens is 500 g/mol. The largest absolute Gasteiger partial charge is 0.497 e. The molecule has 0 aliphatic heterocycles. The molecule has 0 saturated heterocycles. The average Bonchev–Trinajstić information content (AvgIpc) is 3.29. The van der Waals surface area contributed by atoms with Gasteiger partial charge in [0.15, 0.2) is 5.82 Å².